The third-order valence-corrected chi connectivity index (χ3v) is 11.1. The minimum atomic E-state index is -0.523. The Bertz CT molecular complexity index is 2090. The Balaban J connectivity index is 0.000000280. The molecule has 1 aliphatic heterocycles. The minimum Gasteiger partial charge on any atom is -0.508 e. The van der Waals surface area contributed by atoms with Crippen molar-refractivity contribution < 1.29 is 33.7 Å². The van der Waals surface area contributed by atoms with Gasteiger partial charge in [-0.3, -0.25) is 9.59 Å². The summed E-state index contributed by atoms with van der Waals surface area (Å²) < 4.78 is 18.4. The fourth-order valence-electron chi connectivity index (χ4n) is 6.06. The topological polar surface area (TPSA) is 114 Å². The zero-order chi connectivity index (χ0) is 44.7. The predicted molar refractivity (Wildman–Crippen MR) is 253 cm³/mol. The molecule has 4 aromatic carbocycles. The second-order valence-electron chi connectivity index (χ2n) is 15.0. The summed E-state index contributed by atoms with van der Waals surface area (Å²) in [7, 11) is 1.66. The number of aromatic hydroxyl groups is 1. The highest BCUT2D eigenvalue weighted by molar-refractivity contribution is 7.22. The summed E-state index contributed by atoms with van der Waals surface area (Å²) in [4.78, 5) is 38.4. The predicted octanol–water partition coefficient (Wildman–Crippen LogP) is 13.7. The third-order valence-electron chi connectivity index (χ3n) is 9.91. The van der Waals surface area contributed by atoms with Crippen LogP contribution in [0.15, 0.2) is 84.9 Å². The fourth-order valence-corrected chi connectivity index (χ4v) is 7.22. The number of methoxy groups -OCH3 is 1. The average molecular weight is 853 g/mol. The number of Topliss-reactive ketones (excluding diaryl/α,β-unsaturated/α-hetero) is 2. The van der Waals surface area contributed by atoms with Crippen LogP contribution < -0.4 is 19.5 Å². The molecule has 1 atom stereocenters. The van der Waals surface area contributed by atoms with Crippen molar-refractivity contribution in [1.82, 2.24) is 4.90 Å². The number of unbranched alkanes of at least 4 members (excludes halogenated alkanes) is 3. The van der Waals surface area contributed by atoms with E-state index in [9.17, 15) is 19.5 Å². The first-order valence-corrected chi connectivity index (χ1v) is 22.7. The molecule has 330 valence electrons. The number of hydrogen-bond acceptors (Lipinski definition) is 9. The van der Waals surface area contributed by atoms with Gasteiger partial charge in [0.05, 0.1) is 24.6 Å². The van der Waals surface area contributed by atoms with Gasteiger partial charge in [0, 0.05) is 40.8 Å². The Kier molecular flexibility index (Phi) is 21.9. The van der Waals surface area contributed by atoms with Gasteiger partial charge >= 0.3 is 0 Å². The highest BCUT2D eigenvalue weighted by atomic mass is 32.1. The number of rotatable bonds is 18. The van der Waals surface area contributed by atoms with Crippen LogP contribution in [0.1, 0.15) is 129 Å². The molecular weight excluding hydrogens is 785 g/mol. The van der Waals surface area contributed by atoms with E-state index in [-0.39, 0.29) is 23.2 Å². The average Bonchev–Trinajstić information content (AvgIpc) is 3.79. The summed E-state index contributed by atoms with van der Waals surface area (Å²) in [6.45, 7) is 18.0. The van der Waals surface area contributed by atoms with Crippen molar-refractivity contribution in [2.24, 2.45) is 0 Å². The number of hydrogen-bond donors (Lipinski definition) is 2. The lowest BCUT2D eigenvalue weighted by Gasteiger charge is -2.25. The maximum Gasteiger partial charge on any atom is 0.255 e. The van der Waals surface area contributed by atoms with Crippen LogP contribution in [0.5, 0.6) is 28.7 Å². The minimum absolute atomic E-state index is 0.0350. The molecule has 0 saturated heterocycles. The molecule has 1 unspecified atom stereocenters. The van der Waals surface area contributed by atoms with E-state index in [1.807, 2.05) is 72.8 Å². The Hall–Kier alpha value is -5.35. The van der Waals surface area contributed by atoms with Gasteiger partial charge in [0.25, 0.3) is 5.91 Å². The molecule has 0 fully saturated rings. The standard InChI is InChI=1S/C24H22O4S.C19H26N2O3.2C4H10/c1-3-14-27-18-8-10-19(11-9-18)28-23-21-13-12-20(26-2)15-22(21)29-24(23)16-4-6-17(25)7-5-16;1-4-5-10-20-16-7-8-17-15(11-16)12-21(19(17)24)18(14(3)23)9-6-13(2)22;2*1-3-4-2/h4-13,15,25H,3,14H2,1-2H3;7-8,11,18,20H,4-6,9-10,12H2,1-3H3;2*3-4H2,1-2H3. The van der Waals surface area contributed by atoms with Crippen molar-refractivity contribution >= 4 is 44.6 Å². The number of ketones is 2. The summed E-state index contributed by atoms with van der Waals surface area (Å²) in [5.41, 5.74) is 3.58. The third kappa shape index (κ3) is 15.6. The van der Waals surface area contributed by atoms with Gasteiger partial charge in [0.15, 0.2) is 11.5 Å². The van der Waals surface area contributed by atoms with Gasteiger partial charge in [-0.05, 0) is 129 Å². The van der Waals surface area contributed by atoms with E-state index in [2.05, 4.69) is 46.9 Å². The lowest BCUT2D eigenvalue weighted by Crippen LogP contribution is -2.40. The van der Waals surface area contributed by atoms with Gasteiger partial charge in [-0.1, -0.05) is 73.6 Å². The summed E-state index contributed by atoms with van der Waals surface area (Å²) in [5, 5.41) is 14.0. The second-order valence-corrected chi connectivity index (χ2v) is 16.1. The first kappa shape index (κ1) is 50.0. The van der Waals surface area contributed by atoms with Crippen LogP contribution in [-0.4, -0.2) is 53.8 Å². The number of ether oxygens (including phenoxy) is 3. The van der Waals surface area contributed by atoms with Crippen molar-refractivity contribution in [3.63, 3.8) is 0 Å². The molecule has 2 N–H and O–H groups in total. The van der Waals surface area contributed by atoms with Gasteiger partial charge in [-0.15, -0.1) is 11.3 Å². The molecule has 6 rings (SSSR count). The number of fused-ring (bicyclic) bond motifs is 2. The van der Waals surface area contributed by atoms with Crippen LogP contribution in [0, 0.1) is 0 Å². The summed E-state index contributed by atoms with van der Waals surface area (Å²) in [6, 6.07) is 26.0. The van der Waals surface area contributed by atoms with Crippen molar-refractivity contribution in [3.05, 3.63) is 96.1 Å². The molecule has 0 bridgehead atoms. The van der Waals surface area contributed by atoms with Crippen LogP contribution in [-0.2, 0) is 16.1 Å². The van der Waals surface area contributed by atoms with E-state index >= 15 is 0 Å². The zero-order valence-electron chi connectivity index (χ0n) is 37.9. The molecule has 0 radical (unpaired) electrons. The van der Waals surface area contributed by atoms with Crippen LogP contribution in [0.4, 0.5) is 5.69 Å². The zero-order valence-corrected chi connectivity index (χ0v) is 38.7. The van der Waals surface area contributed by atoms with E-state index < -0.39 is 6.04 Å². The summed E-state index contributed by atoms with van der Waals surface area (Å²) in [6.07, 6.45) is 9.18. The molecule has 61 heavy (non-hydrogen) atoms. The number of benzene rings is 4. The van der Waals surface area contributed by atoms with Crippen LogP contribution in [0.25, 0.3) is 20.5 Å². The number of amides is 1. The monoisotopic (exact) mass is 852 g/mol. The van der Waals surface area contributed by atoms with E-state index in [1.165, 1.54) is 39.5 Å². The number of phenolic OH excluding ortho intramolecular Hbond substituents is 1. The molecule has 1 aromatic heterocycles. The van der Waals surface area contributed by atoms with Crippen LogP contribution in [0.3, 0.4) is 0 Å². The van der Waals surface area contributed by atoms with Gasteiger partial charge in [-0.25, -0.2) is 0 Å². The van der Waals surface area contributed by atoms with E-state index in [1.54, 1.807) is 35.5 Å². The van der Waals surface area contributed by atoms with Gasteiger partial charge in [0.1, 0.15) is 28.8 Å². The van der Waals surface area contributed by atoms with Crippen molar-refractivity contribution in [2.75, 3.05) is 25.6 Å². The summed E-state index contributed by atoms with van der Waals surface area (Å²) in [5.74, 6) is 3.25. The lowest BCUT2D eigenvalue weighted by atomic mass is 10.0. The molecule has 5 aromatic rings. The Morgan fingerprint density at radius 3 is 2.00 bits per heavy atom. The van der Waals surface area contributed by atoms with Crippen LogP contribution in [0.2, 0.25) is 0 Å². The van der Waals surface area contributed by atoms with E-state index in [0.29, 0.717) is 31.6 Å². The molecule has 10 heteroatoms. The molecule has 1 aliphatic rings. The fraction of sp³-hybridized carbons (Fsp3) is 0.431. The lowest BCUT2D eigenvalue weighted by molar-refractivity contribution is -0.122. The van der Waals surface area contributed by atoms with Crippen molar-refractivity contribution in [3.8, 4) is 39.2 Å². The highest BCUT2D eigenvalue weighted by Crippen LogP contribution is 2.47. The number of anilines is 1. The highest BCUT2D eigenvalue weighted by Gasteiger charge is 2.35. The largest absolute Gasteiger partial charge is 0.508 e. The Morgan fingerprint density at radius 1 is 0.787 bits per heavy atom. The number of carbonyl (C=O) groups excluding carboxylic acids is 3. The molecule has 0 aliphatic carbocycles. The van der Waals surface area contributed by atoms with E-state index in [0.717, 1.165) is 80.6 Å². The molecule has 0 saturated carbocycles. The number of thiophene rings is 1. The number of nitrogens with one attached hydrogen (secondary N) is 1. The number of carbonyl (C=O) groups is 3. The molecule has 9 nitrogen and oxygen atoms in total. The van der Waals surface area contributed by atoms with Crippen molar-refractivity contribution in [1.29, 1.82) is 0 Å². The quantitative estimate of drug-likeness (QED) is 0.0838. The van der Waals surface area contributed by atoms with Gasteiger partial charge < -0.3 is 34.3 Å². The van der Waals surface area contributed by atoms with Crippen LogP contribution >= 0.6 is 11.3 Å². The first-order chi connectivity index (χ1) is 29.4. The van der Waals surface area contributed by atoms with Gasteiger partial charge in [-0.2, -0.15) is 0 Å². The smallest absolute Gasteiger partial charge is 0.255 e. The van der Waals surface area contributed by atoms with E-state index in [4.69, 9.17) is 14.2 Å². The summed E-state index contributed by atoms with van der Waals surface area (Å²) >= 11 is 1.63. The molecule has 2 heterocycles. The second kappa shape index (κ2) is 26.8. The number of phenols is 1. The maximum atomic E-state index is 12.6. The normalized spacial score (nSPS) is 11.8. The molecular formula is C51H68N2O7S. The maximum absolute atomic E-state index is 12.6. The molecule has 0 spiro atoms. The Morgan fingerprint density at radius 2 is 1.43 bits per heavy atom. The Labute approximate surface area is 368 Å². The SMILES string of the molecule is CCCC.CCCC.CCCCNc1ccc2c(c1)CN(C(CCC(C)=O)C(C)=O)C2=O.CCCOc1ccc(Oc2c(-c3ccc(O)cc3)sc3cc(OC)ccc23)cc1. The molecule has 1 amide bonds. The first-order valence-electron chi connectivity index (χ1n) is 21.9. The van der Waals surface area contributed by atoms with Gasteiger partial charge in [0.2, 0.25) is 0 Å². The number of nitrogens with zero attached hydrogens (tertiary/aromatic N) is 1. The van der Waals surface area contributed by atoms with Crippen molar-refractivity contribution in [2.45, 2.75) is 126 Å².